The second kappa shape index (κ2) is 5.70. The molecule has 102 valence electrons. The Bertz CT molecular complexity index is 391. The second-order valence-corrected chi connectivity index (χ2v) is 6.20. The van der Waals surface area contributed by atoms with E-state index in [9.17, 15) is 0 Å². The van der Waals surface area contributed by atoms with E-state index in [1.54, 1.807) is 0 Å². The van der Waals surface area contributed by atoms with Crippen LogP contribution in [0.4, 0.5) is 5.82 Å². The summed E-state index contributed by atoms with van der Waals surface area (Å²) in [6.07, 6.45) is 0. The van der Waals surface area contributed by atoms with E-state index in [0.29, 0.717) is 6.04 Å². The highest BCUT2D eigenvalue weighted by Gasteiger charge is 2.18. The Labute approximate surface area is 112 Å². The van der Waals surface area contributed by atoms with E-state index in [1.165, 1.54) is 5.56 Å². The molecule has 0 atom stereocenters. The van der Waals surface area contributed by atoms with Gasteiger partial charge in [0.2, 0.25) is 0 Å². The highest BCUT2D eigenvalue weighted by Crippen LogP contribution is 2.25. The summed E-state index contributed by atoms with van der Waals surface area (Å²) in [5.41, 5.74) is 2.52. The van der Waals surface area contributed by atoms with Crippen LogP contribution >= 0.6 is 0 Å². The fourth-order valence-corrected chi connectivity index (χ4v) is 1.71. The van der Waals surface area contributed by atoms with Crippen molar-refractivity contribution in [1.82, 2.24) is 10.3 Å². The maximum atomic E-state index is 4.81. The SMILES string of the molecule is CNCc1cc(N(C)C(C)C)nc(C(C)(C)C)c1. The Morgan fingerprint density at radius 3 is 2.33 bits per heavy atom. The summed E-state index contributed by atoms with van der Waals surface area (Å²) < 4.78 is 0. The highest BCUT2D eigenvalue weighted by molar-refractivity contribution is 5.44. The van der Waals surface area contributed by atoms with E-state index in [0.717, 1.165) is 18.1 Å². The van der Waals surface area contributed by atoms with Crippen LogP contribution in [0.2, 0.25) is 0 Å². The Balaban J connectivity index is 3.22. The molecule has 0 saturated carbocycles. The fraction of sp³-hybridized carbons (Fsp3) is 0.667. The Kier molecular flexibility index (Phi) is 4.74. The molecular formula is C15H27N3. The first-order valence-corrected chi connectivity index (χ1v) is 6.64. The van der Waals surface area contributed by atoms with Crippen LogP contribution in [0, 0.1) is 0 Å². The van der Waals surface area contributed by atoms with E-state index >= 15 is 0 Å². The Morgan fingerprint density at radius 2 is 1.89 bits per heavy atom. The zero-order chi connectivity index (χ0) is 13.9. The lowest BCUT2D eigenvalue weighted by molar-refractivity contribution is 0.565. The van der Waals surface area contributed by atoms with E-state index in [-0.39, 0.29) is 5.41 Å². The highest BCUT2D eigenvalue weighted by atomic mass is 15.2. The van der Waals surface area contributed by atoms with Crippen LogP contribution in [-0.2, 0) is 12.0 Å². The average molecular weight is 249 g/mol. The van der Waals surface area contributed by atoms with Gasteiger partial charge in [-0.25, -0.2) is 4.98 Å². The number of hydrogen-bond donors (Lipinski definition) is 1. The smallest absolute Gasteiger partial charge is 0.129 e. The standard InChI is InChI=1S/C15H27N3/c1-11(2)18(7)14-9-12(10-16-6)8-13(17-14)15(3,4)5/h8-9,11,16H,10H2,1-7H3. The van der Waals surface area contributed by atoms with Crippen molar-refractivity contribution in [2.75, 3.05) is 19.0 Å². The second-order valence-electron chi connectivity index (χ2n) is 6.20. The third-order valence-corrected chi connectivity index (χ3v) is 3.16. The third-order valence-electron chi connectivity index (χ3n) is 3.16. The molecule has 1 N–H and O–H groups in total. The quantitative estimate of drug-likeness (QED) is 0.889. The summed E-state index contributed by atoms with van der Waals surface area (Å²) in [4.78, 5) is 7.02. The summed E-state index contributed by atoms with van der Waals surface area (Å²) in [5, 5.41) is 3.21. The van der Waals surface area contributed by atoms with Gasteiger partial charge in [-0.2, -0.15) is 0 Å². The summed E-state index contributed by atoms with van der Waals surface area (Å²) in [6, 6.07) is 4.83. The first kappa shape index (κ1) is 15.0. The lowest BCUT2D eigenvalue weighted by Gasteiger charge is -2.26. The Morgan fingerprint density at radius 1 is 1.28 bits per heavy atom. The van der Waals surface area contributed by atoms with Gasteiger partial charge < -0.3 is 10.2 Å². The van der Waals surface area contributed by atoms with Crippen LogP contribution in [0.3, 0.4) is 0 Å². The minimum Gasteiger partial charge on any atom is -0.357 e. The molecule has 0 saturated heterocycles. The Hall–Kier alpha value is -1.09. The van der Waals surface area contributed by atoms with Crippen molar-refractivity contribution in [3.05, 3.63) is 23.4 Å². The van der Waals surface area contributed by atoms with Crippen LogP contribution in [0.15, 0.2) is 12.1 Å². The first-order chi connectivity index (χ1) is 8.25. The maximum absolute atomic E-state index is 4.81. The molecule has 0 amide bonds. The van der Waals surface area contributed by atoms with Gasteiger partial charge in [0, 0.05) is 30.7 Å². The van der Waals surface area contributed by atoms with E-state index in [1.807, 2.05) is 7.05 Å². The monoisotopic (exact) mass is 249 g/mol. The van der Waals surface area contributed by atoms with Crippen molar-refractivity contribution < 1.29 is 0 Å². The van der Waals surface area contributed by atoms with Crippen molar-refractivity contribution in [1.29, 1.82) is 0 Å². The third kappa shape index (κ3) is 3.70. The first-order valence-electron chi connectivity index (χ1n) is 6.64. The molecule has 0 fully saturated rings. The number of pyridine rings is 1. The number of rotatable bonds is 4. The minimum absolute atomic E-state index is 0.0797. The number of nitrogens with zero attached hydrogens (tertiary/aromatic N) is 2. The molecule has 1 rings (SSSR count). The van der Waals surface area contributed by atoms with E-state index in [4.69, 9.17) is 4.98 Å². The van der Waals surface area contributed by atoms with Crippen LogP contribution in [-0.4, -0.2) is 25.1 Å². The van der Waals surface area contributed by atoms with E-state index < -0.39 is 0 Å². The lowest BCUT2D eigenvalue weighted by atomic mass is 9.90. The van der Waals surface area contributed by atoms with Gasteiger partial charge in [-0.15, -0.1) is 0 Å². The fourth-order valence-electron chi connectivity index (χ4n) is 1.71. The number of aromatic nitrogens is 1. The van der Waals surface area contributed by atoms with Crippen molar-refractivity contribution in [3.8, 4) is 0 Å². The molecule has 0 aliphatic heterocycles. The van der Waals surface area contributed by atoms with Gasteiger partial charge in [0.1, 0.15) is 5.82 Å². The maximum Gasteiger partial charge on any atom is 0.129 e. The van der Waals surface area contributed by atoms with Gasteiger partial charge >= 0.3 is 0 Å². The van der Waals surface area contributed by atoms with Gasteiger partial charge in [-0.3, -0.25) is 0 Å². The van der Waals surface area contributed by atoms with Gasteiger partial charge in [0.15, 0.2) is 0 Å². The van der Waals surface area contributed by atoms with Gasteiger partial charge in [-0.1, -0.05) is 20.8 Å². The van der Waals surface area contributed by atoms with Crippen molar-refractivity contribution >= 4 is 5.82 Å². The predicted molar refractivity (Wildman–Crippen MR) is 79.2 cm³/mol. The summed E-state index contributed by atoms with van der Waals surface area (Å²) in [7, 11) is 4.08. The van der Waals surface area contributed by atoms with Crippen LogP contribution in [0.1, 0.15) is 45.9 Å². The normalized spacial score (nSPS) is 12.0. The number of hydrogen-bond acceptors (Lipinski definition) is 3. The van der Waals surface area contributed by atoms with Crippen LogP contribution < -0.4 is 10.2 Å². The molecule has 0 aliphatic carbocycles. The van der Waals surface area contributed by atoms with Crippen LogP contribution in [0.25, 0.3) is 0 Å². The van der Waals surface area contributed by atoms with Crippen molar-refractivity contribution in [3.63, 3.8) is 0 Å². The molecule has 0 radical (unpaired) electrons. The van der Waals surface area contributed by atoms with E-state index in [2.05, 4.69) is 64.0 Å². The average Bonchev–Trinajstić information content (AvgIpc) is 2.26. The molecule has 3 heteroatoms. The van der Waals surface area contributed by atoms with Gasteiger partial charge in [0.05, 0.1) is 0 Å². The topological polar surface area (TPSA) is 28.2 Å². The zero-order valence-electron chi connectivity index (χ0n) is 12.8. The van der Waals surface area contributed by atoms with Crippen LogP contribution in [0.5, 0.6) is 0 Å². The molecule has 18 heavy (non-hydrogen) atoms. The minimum atomic E-state index is 0.0797. The van der Waals surface area contributed by atoms with Gasteiger partial charge in [-0.05, 0) is 38.6 Å². The molecule has 1 aromatic heterocycles. The molecule has 0 unspecified atom stereocenters. The largest absolute Gasteiger partial charge is 0.357 e. The molecule has 0 spiro atoms. The van der Waals surface area contributed by atoms with Crippen molar-refractivity contribution in [2.24, 2.45) is 0 Å². The summed E-state index contributed by atoms with van der Waals surface area (Å²) in [6.45, 7) is 11.9. The summed E-state index contributed by atoms with van der Waals surface area (Å²) in [5.74, 6) is 1.06. The molecule has 0 aromatic carbocycles. The zero-order valence-corrected chi connectivity index (χ0v) is 12.8. The molecule has 0 aliphatic rings. The number of anilines is 1. The molecule has 0 bridgehead atoms. The molecule has 3 nitrogen and oxygen atoms in total. The predicted octanol–water partition coefficient (Wildman–Crippen LogP) is 2.94. The van der Waals surface area contributed by atoms with Crippen molar-refractivity contribution in [2.45, 2.75) is 52.6 Å². The summed E-state index contributed by atoms with van der Waals surface area (Å²) >= 11 is 0. The van der Waals surface area contributed by atoms with Gasteiger partial charge in [0.25, 0.3) is 0 Å². The molecule has 1 heterocycles. The molecular weight excluding hydrogens is 222 g/mol. The molecule has 1 aromatic rings. The number of nitrogens with one attached hydrogen (secondary N) is 1. The lowest BCUT2D eigenvalue weighted by Crippen LogP contribution is -2.28.